The molecule has 1 saturated carbocycles. The normalized spacial score (nSPS) is 35.8. The third-order valence-corrected chi connectivity index (χ3v) is 5.42. The topological polar surface area (TPSA) is 38.5 Å². The highest BCUT2D eigenvalue weighted by Gasteiger charge is 2.44. The maximum absolute atomic E-state index is 6.23. The largest absolute Gasteiger partial charge is 0.381 e. The predicted molar refractivity (Wildman–Crippen MR) is 75.6 cm³/mol. The van der Waals surface area contributed by atoms with Gasteiger partial charge in [0.15, 0.2) is 0 Å². The van der Waals surface area contributed by atoms with Gasteiger partial charge in [-0.3, -0.25) is 4.90 Å². The fraction of sp³-hybridized carbons (Fsp3) is 1.00. The third kappa shape index (κ3) is 2.59. The lowest BCUT2D eigenvalue weighted by molar-refractivity contribution is -0.0429. The van der Waals surface area contributed by atoms with Crippen LogP contribution in [0.25, 0.3) is 0 Å². The summed E-state index contributed by atoms with van der Waals surface area (Å²) in [7, 11) is 1.84. The Labute approximate surface area is 112 Å². The number of piperidine rings is 1. The molecule has 3 heteroatoms. The van der Waals surface area contributed by atoms with Gasteiger partial charge >= 0.3 is 0 Å². The molecule has 1 heterocycles. The van der Waals surface area contributed by atoms with Crippen molar-refractivity contribution < 1.29 is 4.74 Å². The van der Waals surface area contributed by atoms with Gasteiger partial charge in [-0.1, -0.05) is 26.2 Å². The molecule has 1 aliphatic carbocycles. The second kappa shape index (κ2) is 6.36. The number of rotatable bonds is 4. The molecule has 0 amide bonds. The van der Waals surface area contributed by atoms with Crippen LogP contribution >= 0.6 is 0 Å². The molecule has 2 unspecified atom stereocenters. The first-order valence-corrected chi connectivity index (χ1v) is 7.74. The van der Waals surface area contributed by atoms with Gasteiger partial charge in [-0.2, -0.15) is 0 Å². The van der Waals surface area contributed by atoms with Crippen molar-refractivity contribution in [2.75, 3.05) is 26.7 Å². The summed E-state index contributed by atoms with van der Waals surface area (Å²) in [6, 6.07) is 0. The van der Waals surface area contributed by atoms with Gasteiger partial charge in [-0.25, -0.2) is 0 Å². The molecule has 2 atom stereocenters. The average molecular weight is 254 g/mol. The molecule has 2 aliphatic rings. The van der Waals surface area contributed by atoms with E-state index in [2.05, 4.69) is 11.8 Å². The lowest BCUT2D eigenvalue weighted by Gasteiger charge is -2.53. The van der Waals surface area contributed by atoms with Crippen molar-refractivity contribution in [3.8, 4) is 0 Å². The lowest BCUT2D eigenvalue weighted by atomic mass is 9.69. The standard InChI is InChI=1S/C15H30N2O/c1-3-13-6-4-5-9-15(13,12-16)17-10-7-14(18-2)8-11-17/h13-14H,3-12,16H2,1-2H3. The van der Waals surface area contributed by atoms with Crippen LogP contribution in [0.15, 0.2) is 0 Å². The molecule has 106 valence electrons. The van der Waals surface area contributed by atoms with E-state index in [1.54, 1.807) is 0 Å². The van der Waals surface area contributed by atoms with Gasteiger partial charge in [0.25, 0.3) is 0 Å². The highest BCUT2D eigenvalue weighted by molar-refractivity contribution is 5.00. The van der Waals surface area contributed by atoms with Crippen LogP contribution < -0.4 is 5.73 Å². The Balaban J connectivity index is 2.06. The zero-order valence-electron chi connectivity index (χ0n) is 12.2. The van der Waals surface area contributed by atoms with E-state index < -0.39 is 0 Å². The van der Waals surface area contributed by atoms with E-state index in [1.165, 1.54) is 58.0 Å². The van der Waals surface area contributed by atoms with Crippen LogP contribution in [0.4, 0.5) is 0 Å². The van der Waals surface area contributed by atoms with E-state index in [4.69, 9.17) is 10.5 Å². The van der Waals surface area contributed by atoms with E-state index in [0.717, 1.165) is 12.5 Å². The highest BCUT2D eigenvalue weighted by atomic mass is 16.5. The van der Waals surface area contributed by atoms with Gasteiger partial charge in [-0.15, -0.1) is 0 Å². The maximum atomic E-state index is 6.23. The minimum atomic E-state index is 0.297. The first-order chi connectivity index (χ1) is 8.76. The number of hydrogen-bond donors (Lipinski definition) is 1. The Morgan fingerprint density at radius 2 is 1.94 bits per heavy atom. The minimum Gasteiger partial charge on any atom is -0.381 e. The average Bonchev–Trinajstić information content (AvgIpc) is 2.47. The van der Waals surface area contributed by atoms with Crippen molar-refractivity contribution in [1.29, 1.82) is 0 Å². The zero-order chi connectivity index (χ0) is 13.0. The fourth-order valence-electron chi connectivity index (χ4n) is 4.23. The molecule has 0 spiro atoms. The minimum absolute atomic E-state index is 0.297. The van der Waals surface area contributed by atoms with Crippen LogP contribution in [-0.2, 0) is 4.74 Å². The monoisotopic (exact) mass is 254 g/mol. The molecule has 0 aromatic heterocycles. The summed E-state index contributed by atoms with van der Waals surface area (Å²) in [5.74, 6) is 0.801. The summed E-state index contributed by atoms with van der Waals surface area (Å²) in [6.45, 7) is 5.52. The maximum Gasteiger partial charge on any atom is 0.0595 e. The number of ether oxygens (including phenoxy) is 1. The fourth-order valence-corrected chi connectivity index (χ4v) is 4.23. The molecule has 2 rings (SSSR count). The summed E-state index contributed by atoms with van der Waals surface area (Å²) in [5, 5.41) is 0. The summed E-state index contributed by atoms with van der Waals surface area (Å²) in [5.41, 5.74) is 6.53. The molecular formula is C15H30N2O. The van der Waals surface area contributed by atoms with Crippen molar-refractivity contribution in [3.63, 3.8) is 0 Å². The second-order valence-electron chi connectivity index (χ2n) is 6.08. The van der Waals surface area contributed by atoms with Crippen molar-refractivity contribution in [1.82, 2.24) is 4.90 Å². The van der Waals surface area contributed by atoms with Crippen molar-refractivity contribution in [2.24, 2.45) is 11.7 Å². The molecule has 0 aromatic carbocycles. The van der Waals surface area contributed by atoms with Crippen molar-refractivity contribution in [3.05, 3.63) is 0 Å². The van der Waals surface area contributed by atoms with E-state index in [1.807, 2.05) is 7.11 Å². The molecule has 2 N–H and O–H groups in total. The van der Waals surface area contributed by atoms with E-state index >= 15 is 0 Å². The first kappa shape index (κ1) is 14.3. The number of nitrogens with two attached hydrogens (primary N) is 1. The van der Waals surface area contributed by atoms with Crippen LogP contribution in [-0.4, -0.2) is 43.3 Å². The predicted octanol–water partition coefficient (Wildman–Crippen LogP) is 2.39. The molecule has 0 aromatic rings. The Morgan fingerprint density at radius 1 is 1.22 bits per heavy atom. The molecule has 1 saturated heterocycles. The Kier molecular flexibility index (Phi) is 5.05. The number of likely N-dealkylation sites (tertiary alicyclic amines) is 1. The van der Waals surface area contributed by atoms with Crippen LogP contribution in [0.3, 0.4) is 0 Å². The summed E-state index contributed by atoms with van der Waals surface area (Å²) in [6.07, 6.45) is 9.54. The van der Waals surface area contributed by atoms with Gasteiger partial charge in [-0.05, 0) is 31.6 Å². The Morgan fingerprint density at radius 3 is 2.50 bits per heavy atom. The van der Waals surface area contributed by atoms with Crippen molar-refractivity contribution >= 4 is 0 Å². The summed E-state index contributed by atoms with van der Waals surface area (Å²) in [4.78, 5) is 2.70. The van der Waals surface area contributed by atoms with Crippen molar-refractivity contribution in [2.45, 2.75) is 63.5 Å². The number of nitrogens with zero attached hydrogens (tertiary/aromatic N) is 1. The summed E-state index contributed by atoms with van der Waals surface area (Å²) >= 11 is 0. The molecular weight excluding hydrogens is 224 g/mol. The van der Waals surface area contributed by atoms with E-state index in [-0.39, 0.29) is 0 Å². The lowest BCUT2D eigenvalue weighted by Crippen LogP contribution is -2.62. The van der Waals surface area contributed by atoms with Gasteiger partial charge in [0.2, 0.25) is 0 Å². The van der Waals surface area contributed by atoms with Gasteiger partial charge in [0.1, 0.15) is 0 Å². The molecule has 2 fully saturated rings. The summed E-state index contributed by atoms with van der Waals surface area (Å²) < 4.78 is 5.49. The number of methoxy groups -OCH3 is 1. The molecule has 0 radical (unpaired) electrons. The third-order valence-electron chi connectivity index (χ3n) is 5.42. The highest BCUT2D eigenvalue weighted by Crippen LogP contribution is 2.41. The molecule has 3 nitrogen and oxygen atoms in total. The second-order valence-corrected chi connectivity index (χ2v) is 6.08. The quantitative estimate of drug-likeness (QED) is 0.837. The zero-order valence-corrected chi connectivity index (χ0v) is 12.2. The van der Waals surface area contributed by atoms with E-state index in [9.17, 15) is 0 Å². The van der Waals surface area contributed by atoms with Crippen LogP contribution in [0.2, 0.25) is 0 Å². The molecule has 18 heavy (non-hydrogen) atoms. The number of hydrogen-bond acceptors (Lipinski definition) is 3. The Hall–Kier alpha value is -0.120. The van der Waals surface area contributed by atoms with Crippen LogP contribution in [0, 0.1) is 5.92 Å². The molecule has 1 aliphatic heterocycles. The first-order valence-electron chi connectivity index (χ1n) is 7.74. The van der Waals surface area contributed by atoms with Gasteiger partial charge in [0.05, 0.1) is 6.10 Å². The smallest absolute Gasteiger partial charge is 0.0595 e. The Bertz CT molecular complexity index is 251. The van der Waals surface area contributed by atoms with Crippen LogP contribution in [0.5, 0.6) is 0 Å². The van der Waals surface area contributed by atoms with Crippen LogP contribution in [0.1, 0.15) is 51.9 Å². The SMILES string of the molecule is CCC1CCCCC1(CN)N1CCC(OC)CC1. The van der Waals surface area contributed by atoms with Gasteiger partial charge < -0.3 is 10.5 Å². The van der Waals surface area contributed by atoms with Gasteiger partial charge in [0, 0.05) is 32.3 Å². The van der Waals surface area contributed by atoms with E-state index in [0.29, 0.717) is 11.6 Å². The molecule has 0 bridgehead atoms.